The van der Waals surface area contributed by atoms with Crippen LogP contribution in [0.3, 0.4) is 0 Å². The lowest BCUT2D eigenvalue weighted by Gasteiger charge is -2.12. The van der Waals surface area contributed by atoms with Crippen molar-refractivity contribution in [2.24, 2.45) is 0 Å². The number of aldehydes is 1. The first-order valence-electron chi connectivity index (χ1n) is 5.35. The predicted octanol–water partition coefficient (Wildman–Crippen LogP) is 4.22. The minimum absolute atomic E-state index is 0.109. The molecule has 5 heteroatoms. The first kappa shape index (κ1) is 13.7. The molecule has 0 bridgehead atoms. The van der Waals surface area contributed by atoms with Gasteiger partial charge in [-0.1, -0.05) is 28.1 Å². The molecule has 0 N–H and O–H groups in total. The molecule has 0 spiro atoms. The van der Waals surface area contributed by atoms with Gasteiger partial charge in [-0.3, -0.25) is 4.79 Å². The Bertz CT molecular complexity index is 624. The van der Waals surface area contributed by atoms with E-state index in [9.17, 15) is 13.6 Å². The van der Waals surface area contributed by atoms with Crippen LogP contribution in [-0.4, -0.2) is 13.4 Å². The molecule has 0 fully saturated rings. The van der Waals surface area contributed by atoms with E-state index in [-0.39, 0.29) is 16.9 Å². The van der Waals surface area contributed by atoms with Crippen molar-refractivity contribution in [2.75, 3.05) is 7.11 Å². The van der Waals surface area contributed by atoms with Crippen LogP contribution in [0.4, 0.5) is 8.78 Å². The van der Waals surface area contributed by atoms with E-state index in [1.807, 2.05) is 0 Å². The van der Waals surface area contributed by atoms with E-state index >= 15 is 0 Å². The van der Waals surface area contributed by atoms with Crippen molar-refractivity contribution in [1.29, 1.82) is 0 Å². The lowest BCUT2D eigenvalue weighted by atomic mass is 10.0. The second kappa shape index (κ2) is 5.48. The largest absolute Gasteiger partial charge is 0.493 e. The van der Waals surface area contributed by atoms with Crippen LogP contribution in [-0.2, 0) is 0 Å². The SMILES string of the molecule is COc1c(C=O)cc(Br)c(-c2ccc(F)cc2)c1F. The molecule has 0 aliphatic rings. The van der Waals surface area contributed by atoms with Gasteiger partial charge in [-0.15, -0.1) is 0 Å². The molecule has 0 saturated heterocycles. The fourth-order valence-electron chi connectivity index (χ4n) is 1.80. The van der Waals surface area contributed by atoms with Gasteiger partial charge in [0.25, 0.3) is 0 Å². The molecule has 19 heavy (non-hydrogen) atoms. The van der Waals surface area contributed by atoms with E-state index in [2.05, 4.69) is 15.9 Å². The number of ether oxygens (including phenoxy) is 1. The summed E-state index contributed by atoms with van der Waals surface area (Å²) in [6.07, 6.45) is 0.515. The zero-order valence-electron chi connectivity index (χ0n) is 9.91. The summed E-state index contributed by atoms with van der Waals surface area (Å²) in [6.45, 7) is 0. The molecule has 0 unspecified atom stereocenters. The molecule has 0 saturated carbocycles. The van der Waals surface area contributed by atoms with Crippen molar-refractivity contribution in [3.05, 3.63) is 52.0 Å². The van der Waals surface area contributed by atoms with Gasteiger partial charge in [0.05, 0.1) is 12.7 Å². The normalized spacial score (nSPS) is 10.3. The maximum absolute atomic E-state index is 14.4. The van der Waals surface area contributed by atoms with Crippen molar-refractivity contribution in [1.82, 2.24) is 0 Å². The summed E-state index contributed by atoms with van der Waals surface area (Å²) in [5.41, 5.74) is 0.821. The molecule has 0 radical (unpaired) electrons. The summed E-state index contributed by atoms with van der Waals surface area (Å²) in [5.74, 6) is -1.19. The first-order valence-corrected chi connectivity index (χ1v) is 6.15. The van der Waals surface area contributed by atoms with Gasteiger partial charge in [-0.25, -0.2) is 8.78 Å². The number of carbonyl (C=O) groups is 1. The molecule has 2 nitrogen and oxygen atoms in total. The van der Waals surface area contributed by atoms with E-state index in [0.29, 0.717) is 16.3 Å². The highest BCUT2D eigenvalue weighted by Crippen LogP contribution is 2.37. The maximum Gasteiger partial charge on any atom is 0.174 e. The van der Waals surface area contributed by atoms with Crippen molar-refractivity contribution < 1.29 is 18.3 Å². The second-order valence-electron chi connectivity index (χ2n) is 3.79. The van der Waals surface area contributed by atoms with Crippen LogP contribution in [0, 0.1) is 11.6 Å². The van der Waals surface area contributed by atoms with E-state index < -0.39 is 11.6 Å². The van der Waals surface area contributed by atoms with Crippen LogP contribution in [0.5, 0.6) is 5.75 Å². The molecule has 0 aliphatic heterocycles. The third-order valence-electron chi connectivity index (χ3n) is 2.67. The molecule has 98 valence electrons. The van der Waals surface area contributed by atoms with Gasteiger partial charge in [0.15, 0.2) is 17.9 Å². The van der Waals surface area contributed by atoms with Crippen LogP contribution in [0.1, 0.15) is 10.4 Å². The Morgan fingerprint density at radius 3 is 2.37 bits per heavy atom. The van der Waals surface area contributed by atoms with Gasteiger partial charge >= 0.3 is 0 Å². The lowest BCUT2D eigenvalue weighted by molar-refractivity contribution is 0.111. The number of methoxy groups -OCH3 is 1. The number of hydrogen-bond acceptors (Lipinski definition) is 2. The van der Waals surface area contributed by atoms with E-state index in [1.165, 1.54) is 37.4 Å². The van der Waals surface area contributed by atoms with E-state index in [1.54, 1.807) is 0 Å². The van der Waals surface area contributed by atoms with Crippen molar-refractivity contribution in [3.8, 4) is 16.9 Å². The quantitative estimate of drug-likeness (QED) is 0.789. The smallest absolute Gasteiger partial charge is 0.174 e. The molecule has 2 aromatic carbocycles. The number of rotatable bonds is 3. The number of hydrogen-bond donors (Lipinski definition) is 0. The average Bonchev–Trinajstić information content (AvgIpc) is 2.40. The Labute approximate surface area is 117 Å². The Hall–Kier alpha value is -1.75. The summed E-state index contributed by atoms with van der Waals surface area (Å²) in [6, 6.07) is 6.85. The van der Waals surface area contributed by atoms with Gasteiger partial charge < -0.3 is 4.74 Å². The Morgan fingerprint density at radius 2 is 1.84 bits per heavy atom. The molecule has 2 aromatic rings. The monoisotopic (exact) mass is 326 g/mol. The van der Waals surface area contributed by atoms with Gasteiger partial charge in [0.1, 0.15) is 5.82 Å². The van der Waals surface area contributed by atoms with E-state index in [0.717, 1.165) is 0 Å². The molecule has 0 heterocycles. The molecule has 0 atom stereocenters. The van der Waals surface area contributed by atoms with Crippen molar-refractivity contribution in [2.45, 2.75) is 0 Å². The van der Waals surface area contributed by atoms with E-state index in [4.69, 9.17) is 4.74 Å². The molecular weight excluding hydrogens is 318 g/mol. The summed E-state index contributed by atoms with van der Waals surface area (Å²) < 4.78 is 32.6. The van der Waals surface area contributed by atoms with Crippen molar-refractivity contribution in [3.63, 3.8) is 0 Å². The Kier molecular flexibility index (Phi) is 3.95. The minimum atomic E-state index is -0.661. The van der Waals surface area contributed by atoms with Crippen molar-refractivity contribution >= 4 is 22.2 Å². The van der Waals surface area contributed by atoms with Crippen LogP contribution < -0.4 is 4.74 Å². The van der Waals surface area contributed by atoms with Crippen LogP contribution in [0.2, 0.25) is 0 Å². The predicted molar refractivity (Wildman–Crippen MR) is 71.4 cm³/mol. The zero-order valence-corrected chi connectivity index (χ0v) is 11.5. The minimum Gasteiger partial charge on any atom is -0.493 e. The van der Waals surface area contributed by atoms with Crippen LogP contribution >= 0.6 is 15.9 Å². The molecule has 2 rings (SSSR count). The molecular formula is C14H9BrF2O2. The fraction of sp³-hybridized carbons (Fsp3) is 0.0714. The highest BCUT2D eigenvalue weighted by molar-refractivity contribution is 9.10. The summed E-state index contributed by atoms with van der Waals surface area (Å²) >= 11 is 3.21. The van der Waals surface area contributed by atoms with Gasteiger partial charge in [-0.05, 0) is 23.8 Å². The number of benzene rings is 2. The van der Waals surface area contributed by atoms with Gasteiger partial charge in [0, 0.05) is 10.0 Å². The van der Waals surface area contributed by atoms with Crippen LogP contribution in [0.15, 0.2) is 34.8 Å². The summed E-state index contributed by atoms with van der Waals surface area (Å²) in [4.78, 5) is 10.9. The Balaban J connectivity index is 2.70. The average molecular weight is 327 g/mol. The highest BCUT2D eigenvalue weighted by atomic mass is 79.9. The lowest BCUT2D eigenvalue weighted by Crippen LogP contribution is -1.98. The highest BCUT2D eigenvalue weighted by Gasteiger charge is 2.19. The summed E-state index contributed by atoms with van der Waals surface area (Å²) in [5, 5.41) is 0. The first-order chi connectivity index (χ1) is 9.08. The van der Waals surface area contributed by atoms with Crippen LogP contribution in [0.25, 0.3) is 11.1 Å². The third kappa shape index (κ3) is 2.51. The number of carbonyl (C=O) groups excluding carboxylic acids is 1. The van der Waals surface area contributed by atoms with Gasteiger partial charge in [-0.2, -0.15) is 0 Å². The topological polar surface area (TPSA) is 26.3 Å². The molecule has 0 aliphatic carbocycles. The molecule has 0 aromatic heterocycles. The third-order valence-corrected chi connectivity index (χ3v) is 3.29. The number of halogens is 3. The fourth-order valence-corrected chi connectivity index (χ4v) is 2.45. The second-order valence-corrected chi connectivity index (χ2v) is 4.65. The standard InChI is InChI=1S/C14H9BrF2O2/c1-19-14-9(7-18)6-11(15)12(13(14)17)8-2-4-10(16)5-3-8/h2-7H,1H3. The van der Waals surface area contributed by atoms with Gasteiger partial charge in [0.2, 0.25) is 0 Å². The maximum atomic E-state index is 14.4. The zero-order chi connectivity index (χ0) is 14.0. The Morgan fingerprint density at radius 1 is 1.21 bits per heavy atom. The summed E-state index contributed by atoms with van der Waals surface area (Å²) in [7, 11) is 1.29. The molecule has 0 amide bonds.